The number of nitrogens with one attached hydrogen (secondary N) is 2. The van der Waals surface area contributed by atoms with E-state index >= 15 is 0 Å². The average molecular weight is 455 g/mol. The van der Waals surface area contributed by atoms with Crippen molar-refractivity contribution < 1.29 is 18.3 Å². The van der Waals surface area contributed by atoms with Crippen molar-refractivity contribution in [3.05, 3.63) is 53.1 Å². The molecule has 1 saturated heterocycles. The third kappa shape index (κ3) is 5.64. The molecule has 0 spiro atoms. The van der Waals surface area contributed by atoms with E-state index in [0.29, 0.717) is 37.0 Å². The molecule has 8 nitrogen and oxygen atoms in total. The molecule has 3 N–H and O–H groups in total. The van der Waals surface area contributed by atoms with Gasteiger partial charge < -0.3 is 15.2 Å². The summed E-state index contributed by atoms with van der Waals surface area (Å²) in [4.78, 5) is 0.113. The summed E-state index contributed by atoms with van der Waals surface area (Å²) in [6.07, 6.45) is 1.52. The van der Waals surface area contributed by atoms with Gasteiger partial charge in [-0.2, -0.15) is 9.41 Å². The van der Waals surface area contributed by atoms with Gasteiger partial charge in [-0.05, 0) is 60.2 Å². The number of rotatable bonds is 5. The second kappa shape index (κ2) is 9.51. The maximum absolute atomic E-state index is 12.8. The lowest BCUT2D eigenvalue weighted by Gasteiger charge is -2.26. The van der Waals surface area contributed by atoms with Crippen molar-refractivity contribution in [1.82, 2.24) is 9.73 Å². The maximum atomic E-state index is 12.8. The highest BCUT2D eigenvalue weighted by molar-refractivity contribution is 7.89. The molecule has 2 aromatic rings. The first kappa shape index (κ1) is 21.5. The first-order chi connectivity index (χ1) is 13.9. The average Bonchev–Trinajstić information content (AvgIpc) is 2.71. The van der Waals surface area contributed by atoms with E-state index in [1.54, 1.807) is 12.1 Å². The molecule has 0 saturated carbocycles. The van der Waals surface area contributed by atoms with Crippen LogP contribution < -0.4 is 10.7 Å². The van der Waals surface area contributed by atoms with Crippen molar-refractivity contribution >= 4 is 50.9 Å². The minimum absolute atomic E-state index is 0.113. The molecule has 0 unspecified atom stereocenters. The predicted molar refractivity (Wildman–Crippen MR) is 116 cm³/mol. The van der Waals surface area contributed by atoms with Crippen LogP contribution >= 0.6 is 23.8 Å². The first-order valence-corrected chi connectivity index (χ1v) is 10.9. The van der Waals surface area contributed by atoms with Crippen LogP contribution in [0.25, 0.3) is 0 Å². The van der Waals surface area contributed by atoms with E-state index in [-0.39, 0.29) is 15.8 Å². The minimum atomic E-state index is -3.65. The van der Waals surface area contributed by atoms with Gasteiger partial charge in [0.05, 0.1) is 35.0 Å². The molecule has 2 aromatic carbocycles. The van der Waals surface area contributed by atoms with Crippen molar-refractivity contribution in [3.63, 3.8) is 0 Å². The number of phenolic OH excluding ortho intramolecular Hbond substituents is 1. The first-order valence-electron chi connectivity index (χ1n) is 8.63. The summed E-state index contributed by atoms with van der Waals surface area (Å²) >= 11 is 11.4. The standard InChI is InChI=1S/C18H19ClN4O4S2/c19-16-6-5-15(29(25,26)23-7-9-27-10-8-23)11-17(16)21-18(28)22-20-12-13-1-3-14(24)4-2-13/h1-6,11-12,24H,7-10H2,(H2,21,22,28)/b20-12+. The monoisotopic (exact) mass is 454 g/mol. The maximum Gasteiger partial charge on any atom is 0.243 e. The number of benzene rings is 2. The third-order valence-corrected chi connectivity index (χ3v) is 6.48. The van der Waals surface area contributed by atoms with Gasteiger partial charge in [0.15, 0.2) is 5.11 Å². The van der Waals surface area contributed by atoms with Crippen LogP contribution in [0, 0.1) is 0 Å². The second-order valence-electron chi connectivity index (χ2n) is 6.07. The molecule has 0 atom stereocenters. The zero-order chi connectivity index (χ0) is 20.9. The summed E-state index contributed by atoms with van der Waals surface area (Å²) in [5, 5.41) is 16.6. The van der Waals surface area contributed by atoms with Crippen LogP contribution in [-0.4, -0.2) is 55.5 Å². The number of sulfonamides is 1. The molecule has 0 bridgehead atoms. The number of ether oxygens (including phenoxy) is 1. The van der Waals surface area contributed by atoms with Crippen LogP contribution in [0.15, 0.2) is 52.5 Å². The Labute approximate surface area is 179 Å². The zero-order valence-corrected chi connectivity index (χ0v) is 17.6. The molecule has 0 aromatic heterocycles. The third-order valence-electron chi connectivity index (χ3n) is 4.07. The van der Waals surface area contributed by atoms with Crippen LogP contribution in [0.1, 0.15) is 5.56 Å². The lowest BCUT2D eigenvalue weighted by molar-refractivity contribution is 0.0730. The molecule has 1 heterocycles. The summed E-state index contributed by atoms with van der Waals surface area (Å²) < 4.78 is 32.2. The van der Waals surface area contributed by atoms with Gasteiger partial charge in [0.2, 0.25) is 10.0 Å². The van der Waals surface area contributed by atoms with Crippen LogP contribution in [0.3, 0.4) is 0 Å². The molecule has 0 radical (unpaired) electrons. The van der Waals surface area contributed by atoms with Crippen molar-refractivity contribution in [2.75, 3.05) is 31.6 Å². The Kier molecular flexibility index (Phi) is 7.04. The fraction of sp³-hybridized carbons (Fsp3) is 0.222. The Bertz CT molecular complexity index is 1010. The van der Waals surface area contributed by atoms with Crippen LogP contribution in [0.4, 0.5) is 5.69 Å². The normalized spacial score (nSPS) is 15.3. The van der Waals surface area contributed by atoms with Crippen molar-refractivity contribution in [3.8, 4) is 5.75 Å². The highest BCUT2D eigenvalue weighted by atomic mass is 35.5. The number of thiocarbonyl (C=S) groups is 1. The summed E-state index contributed by atoms with van der Waals surface area (Å²) in [7, 11) is -3.65. The molecule has 1 fully saturated rings. The lowest BCUT2D eigenvalue weighted by atomic mass is 10.2. The van der Waals surface area contributed by atoms with Gasteiger partial charge in [0, 0.05) is 13.1 Å². The molecular weight excluding hydrogens is 436 g/mol. The second-order valence-corrected chi connectivity index (χ2v) is 8.83. The van der Waals surface area contributed by atoms with Crippen LogP contribution in [-0.2, 0) is 14.8 Å². The Morgan fingerprint density at radius 2 is 1.90 bits per heavy atom. The smallest absolute Gasteiger partial charge is 0.243 e. The van der Waals surface area contributed by atoms with Crippen molar-refractivity contribution in [2.45, 2.75) is 4.90 Å². The number of halogens is 1. The lowest BCUT2D eigenvalue weighted by Crippen LogP contribution is -2.40. The number of anilines is 1. The number of morpholine rings is 1. The number of nitrogens with zero attached hydrogens (tertiary/aromatic N) is 2. The Morgan fingerprint density at radius 1 is 1.21 bits per heavy atom. The highest BCUT2D eigenvalue weighted by Crippen LogP contribution is 2.27. The summed E-state index contributed by atoms with van der Waals surface area (Å²) in [5.41, 5.74) is 3.74. The Morgan fingerprint density at radius 3 is 2.59 bits per heavy atom. The van der Waals surface area contributed by atoms with E-state index in [2.05, 4.69) is 15.8 Å². The number of hydrogen-bond acceptors (Lipinski definition) is 6. The van der Waals surface area contributed by atoms with E-state index in [4.69, 9.17) is 28.6 Å². The van der Waals surface area contributed by atoms with Gasteiger partial charge in [0.25, 0.3) is 0 Å². The zero-order valence-electron chi connectivity index (χ0n) is 15.2. The molecule has 1 aliphatic heterocycles. The molecule has 29 heavy (non-hydrogen) atoms. The van der Waals surface area contributed by atoms with Gasteiger partial charge in [-0.1, -0.05) is 11.6 Å². The molecule has 3 rings (SSSR count). The molecule has 0 aliphatic carbocycles. The van der Waals surface area contributed by atoms with E-state index in [9.17, 15) is 13.5 Å². The largest absolute Gasteiger partial charge is 0.508 e. The summed E-state index contributed by atoms with van der Waals surface area (Å²) in [6, 6.07) is 10.8. The molecular formula is C18H19ClN4O4S2. The molecule has 0 amide bonds. The number of hydrogen-bond donors (Lipinski definition) is 3. The van der Waals surface area contributed by atoms with Crippen LogP contribution in [0.2, 0.25) is 5.02 Å². The van der Waals surface area contributed by atoms with Crippen molar-refractivity contribution in [1.29, 1.82) is 0 Å². The topological polar surface area (TPSA) is 103 Å². The van der Waals surface area contributed by atoms with Crippen molar-refractivity contribution in [2.24, 2.45) is 5.10 Å². The minimum Gasteiger partial charge on any atom is -0.508 e. The summed E-state index contributed by atoms with van der Waals surface area (Å²) in [5.74, 6) is 0.161. The van der Waals surface area contributed by atoms with Crippen LogP contribution in [0.5, 0.6) is 5.75 Å². The highest BCUT2D eigenvalue weighted by Gasteiger charge is 2.26. The van der Waals surface area contributed by atoms with E-state index in [1.165, 1.54) is 40.9 Å². The van der Waals surface area contributed by atoms with E-state index in [1.807, 2.05) is 0 Å². The summed E-state index contributed by atoms with van der Waals surface area (Å²) in [6.45, 7) is 1.34. The fourth-order valence-electron chi connectivity index (χ4n) is 2.57. The molecule has 154 valence electrons. The van der Waals surface area contributed by atoms with E-state index in [0.717, 1.165) is 5.56 Å². The van der Waals surface area contributed by atoms with E-state index < -0.39 is 10.0 Å². The number of aromatic hydroxyl groups is 1. The van der Waals surface area contributed by atoms with Gasteiger partial charge in [-0.25, -0.2) is 8.42 Å². The Balaban J connectivity index is 1.67. The van der Waals surface area contributed by atoms with Gasteiger partial charge in [-0.15, -0.1) is 0 Å². The quantitative estimate of drug-likeness (QED) is 0.362. The Hall–Kier alpha value is -2.24. The number of phenols is 1. The molecule has 1 aliphatic rings. The predicted octanol–water partition coefficient (Wildman–Crippen LogP) is 2.39. The van der Waals surface area contributed by atoms with Gasteiger partial charge in [0.1, 0.15) is 5.75 Å². The van der Waals surface area contributed by atoms with Gasteiger partial charge >= 0.3 is 0 Å². The molecule has 11 heteroatoms. The number of hydrazone groups is 1. The fourth-order valence-corrected chi connectivity index (χ4v) is 4.33. The van der Waals surface area contributed by atoms with Gasteiger partial charge in [-0.3, -0.25) is 5.43 Å². The SMILES string of the molecule is O=S(=O)(c1ccc(Cl)c(NC(=S)N/N=C/c2ccc(O)cc2)c1)N1CCOCC1.